The van der Waals surface area contributed by atoms with Crippen molar-refractivity contribution < 1.29 is 0 Å². The maximum Gasteiger partial charge on any atom is 0.0946 e. The third kappa shape index (κ3) is 4.12. The molecule has 0 aliphatic heterocycles. The number of nitrogens with zero attached hydrogens (tertiary/aromatic N) is 2. The van der Waals surface area contributed by atoms with Crippen LogP contribution >= 0.6 is 11.8 Å². The van der Waals surface area contributed by atoms with E-state index in [1.807, 2.05) is 12.5 Å². The van der Waals surface area contributed by atoms with Gasteiger partial charge in [0, 0.05) is 24.2 Å². The third-order valence-corrected chi connectivity index (χ3v) is 8.85. The molecule has 0 saturated heterocycles. The number of hydrogen-bond donors (Lipinski definition) is 0. The molecule has 0 aromatic carbocycles. The Hall–Kier alpha value is -0.440. The molecule has 0 spiro atoms. The molecule has 4 fully saturated rings. The van der Waals surface area contributed by atoms with Gasteiger partial charge in [-0.2, -0.15) is 11.8 Å². The van der Waals surface area contributed by atoms with Crippen molar-refractivity contribution in [1.29, 1.82) is 0 Å². The lowest BCUT2D eigenvalue weighted by atomic mass is 9.48. The molecule has 2 nitrogen and oxygen atoms in total. The molecular formula is C22H36N2S. The van der Waals surface area contributed by atoms with Gasteiger partial charge in [-0.1, -0.05) is 32.6 Å². The van der Waals surface area contributed by atoms with E-state index in [1.165, 1.54) is 63.7 Å². The Morgan fingerprint density at radius 1 is 1.04 bits per heavy atom. The highest BCUT2D eigenvalue weighted by molar-refractivity contribution is 7.99. The van der Waals surface area contributed by atoms with Gasteiger partial charge in [0.15, 0.2) is 0 Å². The van der Waals surface area contributed by atoms with Crippen LogP contribution in [0.1, 0.15) is 77.6 Å². The zero-order chi connectivity index (χ0) is 17.1. The summed E-state index contributed by atoms with van der Waals surface area (Å²) in [5, 5.41) is 0.807. The number of thioether (sulfide) groups is 1. The summed E-state index contributed by atoms with van der Waals surface area (Å²) in [5.41, 5.74) is 0.646. The fourth-order valence-corrected chi connectivity index (χ4v) is 8.09. The summed E-state index contributed by atoms with van der Waals surface area (Å²) in [6, 6.07) is 0. The maximum absolute atomic E-state index is 4.31. The third-order valence-electron chi connectivity index (χ3n) is 7.27. The van der Waals surface area contributed by atoms with Crippen LogP contribution in [0.3, 0.4) is 0 Å². The van der Waals surface area contributed by atoms with Crippen molar-refractivity contribution in [3.8, 4) is 0 Å². The molecule has 3 heteroatoms. The van der Waals surface area contributed by atoms with E-state index >= 15 is 0 Å². The van der Waals surface area contributed by atoms with E-state index in [0.29, 0.717) is 5.41 Å². The molecule has 1 heterocycles. The molecule has 0 radical (unpaired) electrons. The molecule has 140 valence electrons. The van der Waals surface area contributed by atoms with Gasteiger partial charge in [0.2, 0.25) is 0 Å². The van der Waals surface area contributed by atoms with Crippen LogP contribution < -0.4 is 0 Å². The Kier molecular flexibility index (Phi) is 5.79. The van der Waals surface area contributed by atoms with Crippen molar-refractivity contribution in [1.82, 2.24) is 9.55 Å². The SMILES string of the molecule is CCCCCCCSC(Cn1ccnc1)C12CC3CC(CC(C3)C1)C2. The van der Waals surface area contributed by atoms with Crippen LogP contribution in [0.15, 0.2) is 18.7 Å². The molecule has 1 unspecified atom stereocenters. The molecule has 5 rings (SSSR count). The van der Waals surface area contributed by atoms with Gasteiger partial charge >= 0.3 is 0 Å². The van der Waals surface area contributed by atoms with Crippen LogP contribution in [0.4, 0.5) is 0 Å². The van der Waals surface area contributed by atoms with Crippen LogP contribution in [-0.4, -0.2) is 20.6 Å². The van der Waals surface area contributed by atoms with Crippen molar-refractivity contribution in [2.24, 2.45) is 23.2 Å². The van der Waals surface area contributed by atoms with Crippen LogP contribution in [0.5, 0.6) is 0 Å². The Morgan fingerprint density at radius 2 is 1.72 bits per heavy atom. The largest absolute Gasteiger partial charge is 0.336 e. The van der Waals surface area contributed by atoms with Gasteiger partial charge < -0.3 is 4.57 Å². The standard InChI is InChI=1S/C22H36N2S/c1-2-3-4-5-6-9-25-21(16-24-8-7-23-17-24)22-13-18-10-19(14-22)12-20(11-18)15-22/h7-8,17-21H,2-6,9-16H2,1H3. The Balaban J connectivity index is 1.40. The van der Waals surface area contributed by atoms with Gasteiger partial charge in [0.05, 0.1) is 6.33 Å². The van der Waals surface area contributed by atoms with E-state index in [4.69, 9.17) is 0 Å². The molecule has 25 heavy (non-hydrogen) atoms. The van der Waals surface area contributed by atoms with E-state index in [-0.39, 0.29) is 0 Å². The van der Waals surface area contributed by atoms with E-state index in [1.54, 1.807) is 19.3 Å². The molecule has 4 aliphatic carbocycles. The van der Waals surface area contributed by atoms with Crippen molar-refractivity contribution in [2.45, 2.75) is 89.3 Å². The van der Waals surface area contributed by atoms with Gasteiger partial charge in [0.1, 0.15) is 0 Å². The van der Waals surface area contributed by atoms with Crippen LogP contribution in [-0.2, 0) is 6.54 Å². The summed E-state index contributed by atoms with van der Waals surface area (Å²) in [7, 11) is 0. The zero-order valence-corrected chi connectivity index (χ0v) is 16.9. The second-order valence-electron chi connectivity index (χ2n) is 9.31. The van der Waals surface area contributed by atoms with Crippen LogP contribution in [0, 0.1) is 23.2 Å². The molecule has 4 bridgehead atoms. The first-order valence-corrected chi connectivity index (χ1v) is 11.9. The van der Waals surface area contributed by atoms with Crippen molar-refractivity contribution in [3.63, 3.8) is 0 Å². The highest BCUT2D eigenvalue weighted by Gasteiger charge is 2.54. The van der Waals surface area contributed by atoms with Crippen LogP contribution in [0.25, 0.3) is 0 Å². The first-order valence-electron chi connectivity index (χ1n) is 10.8. The Labute approximate surface area is 158 Å². The van der Waals surface area contributed by atoms with E-state index in [0.717, 1.165) is 23.0 Å². The van der Waals surface area contributed by atoms with Crippen molar-refractivity contribution >= 4 is 11.8 Å². The Bertz CT molecular complexity index is 489. The lowest BCUT2D eigenvalue weighted by molar-refractivity contribution is -0.0553. The van der Waals surface area contributed by atoms with Gasteiger partial charge in [-0.15, -0.1) is 0 Å². The summed E-state index contributed by atoms with van der Waals surface area (Å²) in [6.07, 6.45) is 22.5. The number of hydrogen-bond acceptors (Lipinski definition) is 2. The van der Waals surface area contributed by atoms with Gasteiger partial charge in [-0.3, -0.25) is 0 Å². The number of imidazole rings is 1. The maximum atomic E-state index is 4.31. The summed E-state index contributed by atoms with van der Waals surface area (Å²) in [6.45, 7) is 3.49. The second kappa shape index (κ2) is 8.06. The first-order chi connectivity index (χ1) is 12.3. The molecule has 1 atom stereocenters. The molecular weight excluding hydrogens is 324 g/mol. The minimum absolute atomic E-state index is 0.646. The van der Waals surface area contributed by atoms with E-state index in [2.05, 4.69) is 34.4 Å². The average Bonchev–Trinajstić information content (AvgIpc) is 3.09. The van der Waals surface area contributed by atoms with Crippen molar-refractivity contribution in [3.05, 3.63) is 18.7 Å². The monoisotopic (exact) mass is 360 g/mol. The molecule has 1 aromatic heterocycles. The number of aromatic nitrogens is 2. The smallest absolute Gasteiger partial charge is 0.0946 e. The number of rotatable bonds is 10. The fraction of sp³-hybridized carbons (Fsp3) is 0.864. The summed E-state index contributed by atoms with van der Waals surface area (Å²) in [4.78, 5) is 4.31. The first kappa shape index (κ1) is 17.9. The fourth-order valence-electron chi connectivity index (χ4n) is 6.51. The lowest BCUT2D eigenvalue weighted by Crippen LogP contribution is -2.51. The van der Waals surface area contributed by atoms with E-state index in [9.17, 15) is 0 Å². The normalized spacial score (nSPS) is 34.5. The number of unbranched alkanes of at least 4 members (excludes halogenated alkanes) is 4. The lowest BCUT2D eigenvalue weighted by Gasteiger charge is -2.59. The van der Waals surface area contributed by atoms with E-state index < -0.39 is 0 Å². The van der Waals surface area contributed by atoms with Crippen LogP contribution in [0.2, 0.25) is 0 Å². The predicted octanol–water partition coefficient (Wildman–Crippen LogP) is 6.17. The minimum atomic E-state index is 0.646. The highest BCUT2D eigenvalue weighted by atomic mass is 32.2. The molecule has 4 aliphatic rings. The summed E-state index contributed by atoms with van der Waals surface area (Å²) >= 11 is 2.32. The molecule has 4 saturated carbocycles. The predicted molar refractivity (Wildman–Crippen MR) is 108 cm³/mol. The highest BCUT2D eigenvalue weighted by Crippen LogP contribution is 2.63. The van der Waals surface area contributed by atoms with Gasteiger partial charge in [-0.25, -0.2) is 4.98 Å². The van der Waals surface area contributed by atoms with Crippen molar-refractivity contribution in [2.75, 3.05) is 5.75 Å². The van der Waals surface area contributed by atoms with Gasteiger partial charge in [-0.05, 0) is 73.9 Å². The average molecular weight is 361 g/mol. The van der Waals surface area contributed by atoms with Gasteiger partial charge in [0.25, 0.3) is 0 Å². The summed E-state index contributed by atoms with van der Waals surface area (Å²) < 4.78 is 2.35. The summed E-state index contributed by atoms with van der Waals surface area (Å²) in [5.74, 6) is 4.54. The zero-order valence-electron chi connectivity index (χ0n) is 16.0. The minimum Gasteiger partial charge on any atom is -0.336 e. The molecule has 0 amide bonds. The second-order valence-corrected chi connectivity index (χ2v) is 10.6. The molecule has 0 N–H and O–H groups in total. The Morgan fingerprint density at radius 3 is 2.32 bits per heavy atom. The topological polar surface area (TPSA) is 17.8 Å². The molecule has 1 aromatic rings. The quantitative estimate of drug-likeness (QED) is 0.464.